The highest BCUT2D eigenvalue weighted by molar-refractivity contribution is 6.32. The molecule has 0 aromatic carbocycles. The van der Waals surface area contributed by atoms with Gasteiger partial charge in [0.25, 0.3) is 0 Å². The van der Waals surface area contributed by atoms with Gasteiger partial charge in [0.1, 0.15) is 11.5 Å². The summed E-state index contributed by atoms with van der Waals surface area (Å²) in [5.41, 5.74) is 2.14. The van der Waals surface area contributed by atoms with Gasteiger partial charge in [0.05, 0.1) is 12.4 Å². The van der Waals surface area contributed by atoms with Crippen molar-refractivity contribution in [3.8, 4) is 11.3 Å². The minimum absolute atomic E-state index is 0.441. The molecule has 6 nitrogen and oxygen atoms in total. The second-order valence-corrected chi connectivity index (χ2v) is 4.09. The second kappa shape index (κ2) is 3.53. The summed E-state index contributed by atoms with van der Waals surface area (Å²) in [6.45, 7) is 1.81. The molecular formula is C10H9ClN6. The van der Waals surface area contributed by atoms with E-state index in [9.17, 15) is 0 Å². The van der Waals surface area contributed by atoms with Crippen molar-refractivity contribution in [1.29, 1.82) is 0 Å². The van der Waals surface area contributed by atoms with Crippen molar-refractivity contribution in [2.75, 3.05) is 0 Å². The molecule has 3 aromatic rings. The summed E-state index contributed by atoms with van der Waals surface area (Å²) in [5.74, 6) is 0.664. The number of aryl methyl sites for hydroxylation is 2. The zero-order chi connectivity index (χ0) is 12.0. The first-order valence-electron chi connectivity index (χ1n) is 5.02. The van der Waals surface area contributed by atoms with Crippen LogP contribution in [0.5, 0.6) is 0 Å². The third-order valence-electron chi connectivity index (χ3n) is 2.41. The monoisotopic (exact) mass is 248 g/mol. The molecule has 0 radical (unpaired) electrons. The number of hydrogen-bond acceptors (Lipinski definition) is 4. The quantitative estimate of drug-likeness (QED) is 0.655. The Morgan fingerprint density at radius 3 is 2.82 bits per heavy atom. The van der Waals surface area contributed by atoms with Gasteiger partial charge in [0.15, 0.2) is 10.8 Å². The largest absolute Gasteiger partial charge is 0.275 e. The summed E-state index contributed by atoms with van der Waals surface area (Å²) in [5, 5.41) is 8.75. The molecule has 7 heteroatoms. The molecule has 0 bridgehead atoms. The molecule has 0 amide bonds. The van der Waals surface area contributed by atoms with Crippen LogP contribution in [0.25, 0.3) is 16.9 Å². The van der Waals surface area contributed by atoms with E-state index < -0.39 is 0 Å². The Kier molecular flexibility index (Phi) is 2.12. The van der Waals surface area contributed by atoms with Gasteiger partial charge < -0.3 is 0 Å². The number of halogens is 1. The van der Waals surface area contributed by atoms with Gasteiger partial charge in [0, 0.05) is 18.8 Å². The number of nitrogens with zero attached hydrogens (tertiary/aromatic N) is 6. The molecule has 3 rings (SSSR count). The molecule has 3 heterocycles. The second-order valence-electron chi connectivity index (χ2n) is 3.73. The number of rotatable bonds is 1. The van der Waals surface area contributed by atoms with Crippen molar-refractivity contribution >= 4 is 17.2 Å². The van der Waals surface area contributed by atoms with Crippen LogP contribution in [0.15, 0.2) is 18.6 Å². The SMILES string of the molecule is Cc1nc2cnc(-c3cnn(C)c3)c(Cl)n2n1. The van der Waals surface area contributed by atoms with E-state index in [0.29, 0.717) is 22.3 Å². The van der Waals surface area contributed by atoms with Crippen LogP contribution in [-0.4, -0.2) is 29.4 Å². The van der Waals surface area contributed by atoms with Gasteiger partial charge >= 0.3 is 0 Å². The number of fused-ring (bicyclic) bond motifs is 1. The molecule has 0 saturated heterocycles. The zero-order valence-electron chi connectivity index (χ0n) is 9.29. The Morgan fingerprint density at radius 1 is 1.29 bits per heavy atom. The highest BCUT2D eigenvalue weighted by atomic mass is 35.5. The normalized spacial score (nSPS) is 11.2. The third-order valence-corrected chi connectivity index (χ3v) is 2.75. The summed E-state index contributed by atoms with van der Waals surface area (Å²) >= 11 is 6.26. The zero-order valence-corrected chi connectivity index (χ0v) is 10.0. The van der Waals surface area contributed by atoms with Crippen LogP contribution < -0.4 is 0 Å². The fourth-order valence-corrected chi connectivity index (χ4v) is 1.95. The van der Waals surface area contributed by atoms with Crippen molar-refractivity contribution in [2.45, 2.75) is 6.92 Å². The van der Waals surface area contributed by atoms with E-state index in [4.69, 9.17) is 11.6 Å². The topological polar surface area (TPSA) is 60.9 Å². The molecule has 0 aliphatic rings. The van der Waals surface area contributed by atoms with Gasteiger partial charge in [-0.1, -0.05) is 11.6 Å². The van der Waals surface area contributed by atoms with Gasteiger partial charge in [-0.2, -0.15) is 14.7 Å². The summed E-state index contributed by atoms with van der Waals surface area (Å²) in [4.78, 5) is 8.49. The number of aromatic nitrogens is 6. The third kappa shape index (κ3) is 1.57. The van der Waals surface area contributed by atoms with E-state index in [2.05, 4.69) is 20.2 Å². The van der Waals surface area contributed by atoms with Crippen molar-refractivity contribution in [3.63, 3.8) is 0 Å². The van der Waals surface area contributed by atoms with Crippen molar-refractivity contribution < 1.29 is 0 Å². The molecule has 0 atom stereocenters. The molecule has 0 saturated carbocycles. The van der Waals surface area contributed by atoms with Gasteiger partial charge in [-0.15, -0.1) is 0 Å². The average molecular weight is 249 g/mol. The van der Waals surface area contributed by atoms with Gasteiger partial charge in [-0.05, 0) is 6.92 Å². The fraction of sp³-hybridized carbons (Fsp3) is 0.200. The summed E-state index contributed by atoms with van der Waals surface area (Å²) < 4.78 is 3.27. The number of hydrogen-bond donors (Lipinski definition) is 0. The van der Waals surface area contributed by atoms with Crippen LogP contribution in [0.1, 0.15) is 5.82 Å². The predicted octanol–water partition coefficient (Wildman–Crippen LogP) is 1.49. The lowest BCUT2D eigenvalue weighted by Gasteiger charge is -2.01. The Morgan fingerprint density at radius 2 is 2.12 bits per heavy atom. The Hall–Kier alpha value is -1.95. The Balaban J connectivity index is 2.27. The molecule has 0 N–H and O–H groups in total. The maximum Gasteiger partial charge on any atom is 0.175 e. The molecule has 0 spiro atoms. The van der Waals surface area contributed by atoms with E-state index >= 15 is 0 Å². The van der Waals surface area contributed by atoms with Crippen molar-refractivity contribution in [2.24, 2.45) is 7.05 Å². The lowest BCUT2D eigenvalue weighted by atomic mass is 10.3. The lowest BCUT2D eigenvalue weighted by Crippen LogP contribution is -1.95. The van der Waals surface area contributed by atoms with Crippen molar-refractivity contribution in [1.82, 2.24) is 29.4 Å². The van der Waals surface area contributed by atoms with Crippen LogP contribution >= 0.6 is 11.6 Å². The van der Waals surface area contributed by atoms with E-state index in [-0.39, 0.29) is 0 Å². The standard InChI is InChI=1S/C10H9ClN6/c1-6-14-8-4-12-9(10(11)17(8)15-6)7-3-13-16(2)5-7/h3-5H,1-2H3. The highest BCUT2D eigenvalue weighted by Crippen LogP contribution is 2.25. The first kappa shape index (κ1) is 10.2. The smallest absolute Gasteiger partial charge is 0.175 e. The predicted molar refractivity (Wildman–Crippen MR) is 62.7 cm³/mol. The fourth-order valence-electron chi connectivity index (χ4n) is 1.67. The molecule has 0 aliphatic heterocycles. The van der Waals surface area contributed by atoms with Crippen molar-refractivity contribution in [3.05, 3.63) is 29.6 Å². The van der Waals surface area contributed by atoms with Crippen LogP contribution in [0.4, 0.5) is 0 Å². The molecule has 17 heavy (non-hydrogen) atoms. The molecule has 86 valence electrons. The Bertz CT molecular complexity index is 698. The van der Waals surface area contributed by atoms with E-state index in [1.807, 2.05) is 20.2 Å². The van der Waals surface area contributed by atoms with E-state index in [1.165, 1.54) is 0 Å². The Labute approximate surface area is 102 Å². The molecule has 3 aromatic heterocycles. The van der Waals surface area contributed by atoms with Gasteiger partial charge in [-0.25, -0.2) is 9.97 Å². The minimum Gasteiger partial charge on any atom is -0.275 e. The van der Waals surface area contributed by atoms with Gasteiger partial charge in [0.2, 0.25) is 0 Å². The maximum atomic E-state index is 6.26. The average Bonchev–Trinajstić information content (AvgIpc) is 2.85. The first-order chi connectivity index (χ1) is 8.15. The molecule has 0 unspecified atom stereocenters. The minimum atomic E-state index is 0.441. The maximum absolute atomic E-state index is 6.26. The molecule has 0 fully saturated rings. The van der Waals surface area contributed by atoms with Crippen LogP contribution in [0, 0.1) is 6.92 Å². The molecule has 0 aliphatic carbocycles. The van der Waals surface area contributed by atoms with Gasteiger partial charge in [-0.3, -0.25) is 4.68 Å². The van der Waals surface area contributed by atoms with Crippen LogP contribution in [-0.2, 0) is 7.05 Å². The first-order valence-corrected chi connectivity index (χ1v) is 5.40. The highest BCUT2D eigenvalue weighted by Gasteiger charge is 2.12. The summed E-state index contributed by atoms with van der Waals surface area (Å²) in [7, 11) is 1.84. The van der Waals surface area contributed by atoms with Crippen LogP contribution in [0.3, 0.4) is 0 Å². The van der Waals surface area contributed by atoms with E-state index in [0.717, 1.165) is 5.56 Å². The lowest BCUT2D eigenvalue weighted by molar-refractivity contribution is 0.768. The van der Waals surface area contributed by atoms with E-state index in [1.54, 1.807) is 21.6 Å². The van der Waals surface area contributed by atoms with Crippen LogP contribution in [0.2, 0.25) is 5.15 Å². The molecular weight excluding hydrogens is 240 g/mol. The summed E-state index contributed by atoms with van der Waals surface area (Å²) in [6.07, 6.45) is 5.21. The summed E-state index contributed by atoms with van der Waals surface area (Å²) in [6, 6.07) is 0.